The van der Waals surface area contributed by atoms with Gasteiger partial charge < -0.3 is 14.9 Å². The second-order valence-corrected chi connectivity index (χ2v) is 7.66. The number of aromatic nitrogens is 2. The van der Waals surface area contributed by atoms with Gasteiger partial charge in [-0.05, 0) is 40.8 Å². The van der Waals surface area contributed by atoms with Crippen LogP contribution in [0.5, 0.6) is 0 Å². The van der Waals surface area contributed by atoms with E-state index in [1.165, 1.54) is 0 Å². The Morgan fingerprint density at radius 3 is 2.58 bits per heavy atom. The Hall–Kier alpha value is -2.66. The average Bonchev–Trinajstić information content (AvgIpc) is 2.90. The van der Waals surface area contributed by atoms with Gasteiger partial charge in [0.25, 0.3) is 0 Å². The van der Waals surface area contributed by atoms with Crippen molar-refractivity contribution in [2.45, 2.75) is 32.6 Å². The first-order valence-corrected chi connectivity index (χ1v) is 8.56. The zero-order chi connectivity index (χ0) is 19.1. The molecule has 0 aliphatic rings. The molecular weight excluding hydrogens is 352 g/mol. The molecule has 0 aliphatic heterocycles. The second-order valence-electron chi connectivity index (χ2n) is 7.23. The fourth-order valence-corrected chi connectivity index (χ4v) is 3.07. The van der Waals surface area contributed by atoms with Crippen molar-refractivity contribution < 1.29 is 14.7 Å². The summed E-state index contributed by atoms with van der Waals surface area (Å²) in [5, 5.41) is 12.3. The van der Waals surface area contributed by atoms with E-state index in [9.17, 15) is 14.7 Å². The molecule has 5 nitrogen and oxygen atoms in total. The number of pyridine rings is 1. The van der Waals surface area contributed by atoms with Crippen molar-refractivity contribution in [3.63, 3.8) is 0 Å². The summed E-state index contributed by atoms with van der Waals surface area (Å²) in [5.41, 5.74) is 2.27. The number of nitrogens with one attached hydrogen (secondary N) is 1. The van der Waals surface area contributed by atoms with E-state index in [-0.39, 0.29) is 29.0 Å². The number of aromatic amines is 1. The Morgan fingerprint density at radius 2 is 1.92 bits per heavy atom. The molecule has 0 bridgehead atoms. The number of halogens is 1. The van der Waals surface area contributed by atoms with Crippen molar-refractivity contribution in [1.29, 1.82) is 0 Å². The molecule has 3 aromatic rings. The lowest BCUT2D eigenvalue weighted by atomic mass is 9.87. The van der Waals surface area contributed by atoms with E-state index >= 15 is 0 Å². The molecule has 0 unspecified atom stereocenters. The minimum absolute atomic E-state index is 0.139. The number of carboxylic acid groups (broad SMARTS) is 1. The summed E-state index contributed by atoms with van der Waals surface area (Å²) in [6.07, 6.45) is 1.22. The van der Waals surface area contributed by atoms with Gasteiger partial charge in [-0.2, -0.15) is 0 Å². The lowest BCUT2D eigenvalue weighted by molar-refractivity contribution is -0.304. The van der Waals surface area contributed by atoms with Gasteiger partial charge in [0, 0.05) is 34.5 Å². The van der Waals surface area contributed by atoms with Gasteiger partial charge in [-0.25, -0.2) is 0 Å². The van der Waals surface area contributed by atoms with Crippen LogP contribution < -0.4 is 5.11 Å². The standard InChI is InChI=1S/C20H19ClN2O3/c1-20(2,3)11-6-7-22-16(8-11)19(26)18-14(10-17(24)25)13-5-4-12(21)9-15(13)23-18/h4-9,23H,10H2,1-3H3,(H,24,25)/p-1. The van der Waals surface area contributed by atoms with Crippen LogP contribution in [0.2, 0.25) is 5.02 Å². The zero-order valence-corrected chi connectivity index (χ0v) is 15.5. The molecule has 1 N–H and O–H groups in total. The van der Waals surface area contributed by atoms with Crippen LogP contribution in [0.25, 0.3) is 10.9 Å². The molecule has 0 amide bonds. The summed E-state index contributed by atoms with van der Waals surface area (Å²) in [6, 6.07) is 8.62. The maximum atomic E-state index is 13.0. The highest BCUT2D eigenvalue weighted by atomic mass is 35.5. The molecule has 6 heteroatoms. The fourth-order valence-electron chi connectivity index (χ4n) is 2.90. The summed E-state index contributed by atoms with van der Waals surface area (Å²) < 4.78 is 0. The summed E-state index contributed by atoms with van der Waals surface area (Å²) in [4.78, 5) is 31.4. The van der Waals surface area contributed by atoms with E-state index in [1.54, 1.807) is 30.5 Å². The van der Waals surface area contributed by atoms with E-state index in [1.807, 2.05) is 26.8 Å². The number of fused-ring (bicyclic) bond motifs is 1. The van der Waals surface area contributed by atoms with Gasteiger partial charge >= 0.3 is 0 Å². The molecule has 0 radical (unpaired) electrons. The first-order chi connectivity index (χ1) is 12.2. The van der Waals surface area contributed by atoms with Gasteiger partial charge in [-0.3, -0.25) is 9.78 Å². The van der Waals surface area contributed by atoms with Crippen LogP contribution in [-0.2, 0) is 16.6 Å². The van der Waals surface area contributed by atoms with Crippen LogP contribution >= 0.6 is 11.6 Å². The van der Waals surface area contributed by atoms with Crippen LogP contribution in [0.1, 0.15) is 48.1 Å². The number of ketones is 1. The Kier molecular flexibility index (Phi) is 4.59. The van der Waals surface area contributed by atoms with Crippen molar-refractivity contribution in [3.05, 3.63) is 64.1 Å². The van der Waals surface area contributed by atoms with Crippen molar-refractivity contribution in [2.24, 2.45) is 0 Å². The lowest BCUT2D eigenvalue weighted by Crippen LogP contribution is -2.25. The number of benzene rings is 1. The van der Waals surface area contributed by atoms with Crippen LogP contribution in [0.15, 0.2) is 36.5 Å². The topological polar surface area (TPSA) is 85.9 Å². The maximum absolute atomic E-state index is 13.0. The number of rotatable bonds is 4. The van der Waals surface area contributed by atoms with Crippen LogP contribution in [0.3, 0.4) is 0 Å². The van der Waals surface area contributed by atoms with Crippen molar-refractivity contribution in [2.75, 3.05) is 0 Å². The monoisotopic (exact) mass is 369 g/mol. The molecule has 3 rings (SSSR count). The number of hydrogen-bond donors (Lipinski definition) is 1. The minimum atomic E-state index is -1.26. The fraction of sp³-hybridized carbons (Fsp3) is 0.250. The molecular formula is C20H18ClN2O3-. The van der Waals surface area contributed by atoms with Gasteiger partial charge in [0.1, 0.15) is 5.69 Å². The molecule has 1 aromatic carbocycles. The Balaban J connectivity index is 2.15. The molecule has 2 heterocycles. The first-order valence-electron chi connectivity index (χ1n) is 8.18. The maximum Gasteiger partial charge on any atom is 0.227 e. The highest BCUT2D eigenvalue weighted by Crippen LogP contribution is 2.28. The molecule has 0 spiro atoms. The number of carboxylic acids is 1. The molecule has 0 atom stereocenters. The number of carbonyl (C=O) groups is 2. The predicted octanol–water partition coefficient (Wildman–Crippen LogP) is 3.04. The highest BCUT2D eigenvalue weighted by molar-refractivity contribution is 6.31. The van der Waals surface area contributed by atoms with Crippen LogP contribution in [0, 0.1) is 0 Å². The van der Waals surface area contributed by atoms with Crippen LogP contribution in [-0.4, -0.2) is 21.7 Å². The third kappa shape index (κ3) is 3.48. The van der Waals surface area contributed by atoms with E-state index in [0.717, 1.165) is 5.56 Å². The van der Waals surface area contributed by atoms with Gasteiger partial charge in [-0.1, -0.05) is 38.4 Å². The summed E-state index contributed by atoms with van der Waals surface area (Å²) in [5.74, 6) is -1.62. The molecule has 2 aromatic heterocycles. The minimum Gasteiger partial charge on any atom is -0.550 e. The van der Waals surface area contributed by atoms with E-state index < -0.39 is 5.97 Å². The summed E-state index contributed by atoms with van der Waals surface area (Å²) >= 11 is 6.01. The van der Waals surface area contributed by atoms with E-state index in [2.05, 4.69) is 9.97 Å². The third-order valence-corrected chi connectivity index (χ3v) is 4.51. The van der Waals surface area contributed by atoms with Crippen molar-refractivity contribution >= 4 is 34.3 Å². The smallest absolute Gasteiger partial charge is 0.227 e. The largest absolute Gasteiger partial charge is 0.550 e. The lowest BCUT2D eigenvalue weighted by Gasteiger charge is -2.19. The predicted molar refractivity (Wildman–Crippen MR) is 98.4 cm³/mol. The normalized spacial score (nSPS) is 11.7. The van der Waals surface area contributed by atoms with E-state index in [4.69, 9.17) is 11.6 Å². The Bertz CT molecular complexity index is 1020. The van der Waals surface area contributed by atoms with Crippen molar-refractivity contribution in [1.82, 2.24) is 9.97 Å². The van der Waals surface area contributed by atoms with Gasteiger partial charge in [0.15, 0.2) is 0 Å². The Labute approximate surface area is 156 Å². The number of aliphatic carboxylic acids is 1. The summed E-state index contributed by atoms with van der Waals surface area (Å²) in [7, 11) is 0. The van der Waals surface area contributed by atoms with Crippen LogP contribution in [0.4, 0.5) is 0 Å². The number of carbonyl (C=O) groups excluding carboxylic acids is 2. The Morgan fingerprint density at radius 1 is 1.19 bits per heavy atom. The quantitative estimate of drug-likeness (QED) is 0.716. The molecule has 0 fully saturated rings. The highest BCUT2D eigenvalue weighted by Gasteiger charge is 2.22. The SMILES string of the molecule is CC(C)(C)c1ccnc(C(=O)c2[nH]c3cc(Cl)ccc3c2CC(=O)[O-])c1. The zero-order valence-electron chi connectivity index (χ0n) is 14.7. The van der Waals surface area contributed by atoms with Gasteiger partial charge in [0.2, 0.25) is 5.78 Å². The third-order valence-electron chi connectivity index (χ3n) is 4.27. The first kappa shape index (κ1) is 18.1. The van der Waals surface area contributed by atoms with E-state index in [0.29, 0.717) is 21.5 Å². The van der Waals surface area contributed by atoms with Crippen molar-refractivity contribution in [3.8, 4) is 0 Å². The summed E-state index contributed by atoms with van der Waals surface area (Å²) in [6.45, 7) is 6.13. The average molecular weight is 370 g/mol. The number of H-pyrrole nitrogens is 1. The molecule has 0 saturated carbocycles. The number of hydrogen-bond acceptors (Lipinski definition) is 4. The number of nitrogens with zero attached hydrogens (tertiary/aromatic N) is 1. The molecule has 0 saturated heterocycles. The molecule has 0 aliphatic carbocycles. The molecule has 134 valence electrons. The molecule has 26 heavy (non-hydrogen) atoms. The van der Waals surface area contributed by atoms with Gasteiger partial charge in [0.05, 0.1) is 5.69 Å². The second kappa shape index (κ2) is 6.57. The van der Waals surface area contributed by atoms with Gasteiger partial charge in [-0.15, -0.1) is 0 Å².